The van der Waals surface area contributed by atoms with Gasteiger partial charge in [0.1, 0.15) is 30.8 Å². The van der Waals surface area contributed by atoms with Crippen molar-refractivity contribution in [2.24, 2.45) is 0 Å². The second kappa shape index (κ2) is 20.7. The molecule has 0 heterocycles. The highest BCUT2D eigenvalue weighted by molar-refractivity contribution is 6.04. The molecule has 166 valence electrons. The number of carbonyl (C=O) groups is 8. The van der Waals surface area contributed by atoms with Gasteiger partial charge in [-0.25, -0.2) is 0 Å². The molecule has 0 aromatic carbocycles. The highest BCUT2D eigenvalue weighted by Gasteiger charge is 2.09. The molecule has 0 aliphatic rings. The van der Waals surface area contributed by atoms with Crippen molar-refractivity contribution in [3.63, 3.8) is 0 Å². The van der Waals surface area contributed by atoms with Crippen molar-refractivity contribution in [3.8, 4) is 0 Å². The van der Waals surface area contributed by atoms with Crippen LogP contribution in [0.1, 0.15) is 52.9 Å². The van der Waals surface area contributed by atoms with Gasteiger partial charge in [0.15, 0.2) is 5.78 Å². The summed E-state index contributed by atoms with van der Waals surface area (Å²) in [4.78, 5) is 78.2. The summed E-state index contributed by atoms with van der Waals surface area (Å²) in [5.74, 6) is -6.78. The molecule has 0 unspecified atom stereocenters. The minimum atomic E-state index is -1.31. The van der Waals surface area contributed by atoms with Gasteiger partial charge in [-0.3, -0.25) is 38.4 Å². The molecule has 0 fully saturated rings. The number of carboxylic acids is 5. The fourth-order valence-corrected chi connectivity index (χ4v) is 0.851. The molecule has 0 saturated heterocycles. The molecule has 13 nitrogen and oxygen atoms in total. The Morgan fingerprint density at radius 2 is 0.759 bits per heavy atom. The SMILES string of the molecule is CC(=O)CC(=O)CC(=O)O.CC(=O)CC(=O)O.CCC(=O)O.O=C(O)CC(=O)O. The molecule has 0 aliphatic carbocycles. The summed E-state index contributed by atoms with van der Waals surface area (Å²) in [5.41, 5.74) is 0. The van der Waals surface area contributed by atoms with Gasteiger partial charge in [-0.2, -0.15) is 0 Å². The maximum Gasteiger partial charge on any atom is 0.314 e. The lowest BCUT2D eigenvalue weighted by Crippen LogP contribution is -2.09. The van der Waals surface area contributed by atoms with E-state index in [9.17, 15) is 38.4 Å². The first-order valence-corrected chi connectivity index (χ1v) is 7.64. The Morgan fingerprint density at radius 1 is 0.483 bits per heavy atom. The van der Waals surface area contributed by atoms with E-state index in [0.717, 1.165) is 0 Å². The standard InChI is InChI=1S/C6H8O4.C4H6O3.C3H4O4.C3H6O2/c1-4(7)2-5(8)3-6(9)10;1-3(5)2-4(6)7;4-2(5)1-3(6)7;1-2-3(4)5/h2-3H2,1H3,(H,9,10);2H2,1H3,(H,6,7);1H2,(H,4,5)(H,6,7);2H2,1H3,(H,4,5). The van der Waals surface area contributed by atoms with Gasteiger partial charge in [0.25, 0.3) is 0 Å². The number of carbonyl (C=O) groups excluding carboxylic acids is 3. The summed E-state index contributed by atoms with van der Waals surface area (Å²) in [5, 5.41) is 39.1. The number of hydrogen-bond acceptors (Lipinski definition) is 8. The predicted octanol–water partition coefficient (Wildman–Crippen LogP) is 0.0861. The number of ketones is 3. The molecule has 0 spiro atoms. The topological polar surface area (TPSA) is 238 Å². The van der Waals surface area contributed by atoms with E-state index in [4.69, 9.17) is 25.5 Å². The van der Waals surface area contributed by atoms with Gasteiger partial charge < -0.3 is 25.5 Å². The van der Waals surface area contributed by atoms with Crippen LogP contribution in [0.15, 0.2) is 0 Å². The predicted molar refractivity (Wildman–Crippen MR) is 93.3 cm³/mol. The molecule has 0 aromatic rings. The van der Waals surface area contributed by atoms with E-state index in [1.165, 1.54) is 13.8 Å². The zero-order chi connectivity index (χ0) is 24.2. The Balaban J connectivity index is -0.000000148. The molecule has 0 aliphatic heterocycles. The lowest BCUT2D eigenvalue weighted by atomic mass is 10.2. The van der Waals surface area contributed by atoms with E-state index in [-0.39, 0.29) is 30.8 Å². The average Bonchev–Trinajstić information content (AvgIpc) is 2.44. The van der Waals surface area contributed by atoms with Gasteiger partial charge in [0.2, 0.25) is 0 Å². The van der Waals surface area contributed by atoms with Crippen molar-refractivity contribution < 1.29 is 63.9 Å². The second-order valence-corrected chi connectivity index (χ2v) is 4.97. The Bertz CT molecular complexity index is 536. The van der Waals surface area contributed by atoms with E-state index in [1.54, 1.807) is 6.92 Å². The number of carboxylic acid groups (broad SMARTS) is 5. The van der Waals surface area contributed by atoms with Crippen LogP contribution in [0.5, 0.6) is 0 Å². The van der Waals surface area contributed by atoms with Crippen molar-refractivity contribution in [2.75, 3.05) is 0 Å². The quantitative estimate of drug-likeness (QED) is 0.309. The van der Waals surface area contributed by atoms with Crippen molar-refractivity contribution in [2.45, 2.75) is 52.9 Å². The summed E-state index contributed by atoms with van der Waals surface area (Å²) < 4.78 is 0. The minimum absolute atomic E-state index is 0.222. The van der Waals surface area contributed by atoms with Crippen LogP contribution in [-0.4, -0.2) is 72.7 Å². The Hall–Kier alpha value is -3.64. The lowest BCUT2D eigenvalue weighted by molar-refractivity contribution is -0.148. The molecule has 0 bridgehead atoms. The smallest absolute Gasteiger partial charge is 0.314 e. The average molecular weight is 424 g/mol. The van der Waals surface area contributed by atoms with E-state index in [1.807, 2.05) is 0 Å². The second-order valence-electron chi connectivity index (χ2n) is 4.97. The van der Waals surface area contributed by atoms with Crippen molar-refractivity contribution in [3.05, 3.63) is 0 Å². The van der Waals surface area contributed by atoms with Crippen LogP contribution in [0.2, 0.25) is 0 Å². The summed E-state index contributed by atoms with van der Waals surface area (Å²) in [6, 6.07) is 0. The Kier molecular flexibility index (Phi) is 23.5. The monoisotopic (exact) mass is 424 g/mol. The van der Waals surface area contributed by atoms with Gasteiger partial charge in [0, 0.05) is 6.42 Å². The van der Waals surface area contributed by atoms with Crippen molar-refractivity contribution in [1.82, 2.24) is 0 Å². The highest BCUT2D eigenvalue weighted by Crippen LogP contribution is 1.90. The third-order valence-electron chi connectivity index (χ3n) is 1.80. The highest BCUT2D eigenvalue weighted by atomic mass is 16.4. The van der Waals surface area contributed by atoms with Crippen LogP contribution in [0.3, 0.4) is 0 Å². The summed E-state index contributed by atoms with van der Waals surface area (Å²) in [6.45, 7) is 4.09. The molecule has 0 atom stereocenters. The fourth-order valence-electron chi connectivity index (χ4n) is 0.851. The van der Waals surface area contributed by atoms with Gasteiger partial charge in [-0.1, -0.05) is 6.92 Å². The van der Waals surface area contributed by atoms with E-state index < -0.39 is 48.5 Å². The van der Waals surface area contributed by atoms with Gasteiger partial charge in [0.05, 0.1) is 6.42 Å². The zero-order valence-electron chi connectivity index (χ0n) is 16.0. The van der Waals surface area contributed by atoms with E-state index >= 15 is 0 Å². The lowest BCUT2D eigenvalue weighted by Gasteiger charge is -1.90. The fraction of sp³-hybridized carbons (Fsp3) is 0.500. The summed E-state index contributed by atoms with van der Waals surface area (Å²) in [7, 11) is 0. The van der Waals surface area contributed by atoms with Crippen molar-refractivity contribution in [1.29, 1.82) is 0 Å². The molecule has 29 heavy (non-hydrogen) atoms. The normalized spacial score (nSPS) is 8.24. The van der Waals surface area contributed by atoms with Gasteiger partial charge in [-0.15, -0.1) is 0 Å². The largest absolute Gasteiger partial charge is 0.481 e. The Morgan fingerprint density at radius 3 is 0.862 bits per heavy atom. The van der Waals surface area contributed by atoms with Crippen molar-refractivity contribution >= 4 is 47.2 Å². The third kappa shape index (κ3) is 59.1. The van der Waals surface area contributed by atoms with Crippen LogP contribution in [0.4, 0.5) is 0 Å². The molecule has 5 N–H and O–H groups in total. The molecular formula is C16H24O13. The van der Waals surface area contributed by atoms with Gasteiger partial charge >= 0.3 is 29.8 Å². The van der Waals surface area contributed by atoms with Crippen LogP contribution in [0.25, 0.3) is 0 Å². The number of rotatable bonds is 9. The third-order valence-corrected chi connectivity index (χ3v) is 1.80. The first-order valence-electron chi connectivity index (χ1n) is 7.64. The molecule has 0 radical (unpaired) electrons. The van der Waals surface area contributed by atoms with Crippen LogP contribution in [-0.2, 0) is 38.4 Å². The molecule has 0 rings (SSSR count). The Labute approximate surface area is 164 Å². The van der Waals surface area contributed by atoms with Crippen LogP contribution < -0.4 is 0 Å². The number of Topliss-reactive ketones (excluding diaryl/α,β-unsaturated/α-hetero) is 3. The molecule has 0 aromatic heterocycles. The summed E-state index contributed by atoms with van der Waals surface area (Å²) >= 11 is 0. The first kappa shape index (κ1) is 33.0. The van der Waals surface area contributed by atoms with Crippen LogP contribution >= 0.6 is 0 Å². The molecule has 0 saturated carbocycles. The zero-order valence-corrected chi connectivity index (χ0v) is 16.0. The number of hydrogen-bond donors (Lipinski definition) is 5. The van der Waals surface area contributed by atoms with E-state index in [2.05, 4.69) is 0 Å². The molecule has 13 heteroatoms. The maximum absolute atomic E-state index is 10.5. The molecule has 0 amide bonds. The van der Waals surface area contributed by atoms with Crippen LogP contribution in [0, 0.1) is 0 Å². The minimum Gasteiger partial charge on any atom is -0.481 e. The first-order chi connectivity index (χ1) is 13.0. The summed E-state index contributed by atoms with van der Waals surface area (Å²) in [6.07, 6.45) is -1.77. The van der Waals surface area contributed by atoms with Gasteiger partial charge in [-0.05, 0) is 13.8 Å². The van der Waals surface area contributed by atoms with E-state index in [0.29, 0.717) is 0 Å². The number of aliphatic carboxylic acids is 5. The molecular weight excluding hydrogens is 400 g/mol. The maximum atomic E-state index is 10.5.